The maximum absolute atomic E-state index is 11.7. The van der Waals surface area contributed by atoms with E-state index < -0.39 is 0 Å². The predicted molar refractivity (Wildman–Crippen MR) is 60.6 cm³/mol. The van der Waals surface area contributed by atoms with Crippen molar-refractivity contribution in [1.82, 2.24) is 25.6 Å². The summed E-state index contributed by atoms with van der Waals surface area (Å²) in [5.41, 5.74) is 0.318. The number of amides is 1. The average molecular weight is 239 g/mol. The van der Waals surface area contributed by atoms with Gasteiger partial charge in [0.15, 0.2) is 5.69 Å². The molecule has 0 bridgehead atoms. The summed E-state index contributed by atoms with van der Waals surface area (Å²) in [6, 6.07) is 0.0808. The summed E-state index contributed by atoms with van der Waals surface area (Å²) in [5.74, 6) is -0.195. The Hall–Kier alpha value is -1.47. The zero-order valence-electron chi connectivity index (χ0n) is 9.85. The van der Waals surface area contributed by atoms with Gasteiger partial charge in [-0.1, -0.05) is 0 Å². The molecule has 0 radical (unpaired) electrons. The lowest BCUT2D eigenvalue weighted by atomic mass is 10.2. The highest BCUT2D eigenvalue weighted by molar-refractivity contribution is 5.91. The van der Waals surface area contributed by atoms with Crippen LogP contribution in [0.15, 0.2) is 6.20 Å². The highest BCUT2D eigenvalue weighted by Crippen LogP contribution is 1.99. The molecule has 17 heavy (non-hydrogen) atoms. The van der Waals surface area contributed by atoms with Crippen molar-refractivity contribution in [2.75, 3.05) is 32.8 Å². The van der Waals surface area contributed by atoms with E-state index in [0.29, 0.717) is 5.69 Å². The van der Waals surface area contributed by atoms with E-state index in [1.165, 1.54) is 6.20 Å². The zero-order chi connectivity index (χ0) is 12.1. The lowest BCUT2D eigenvalue weighted by molar-refractivity contribution is 0.0342. The summed E-state index contributed by atoms with van der Waals surface area (Å²) in [6.45, 7) is 6.18. The van der Waals surface area contributed by atoms with E-state index in [-0.39, 0.29) is 11.9 Å². The van der Waals surface area contributed by atoms with Gasteiger partial charge in [-0.25, -0.2) is 0 Å². The minimum Gasteiger partial charge on any atom is -0.379 e. The van der Waals surface area contributed by atoms with Gasteiger partial charge >= 0.3 is 0 Å². The summed E-state index contributed by atoms with van der Waals surface area (Å²) < 4.78 is 5.27. The second-order valence-electron chi connectivity index (χ2n) is 4.14. The smallest absolute Gasteiger partial charge is 0.273 e. The highest BCUT2D eigenvalue weighted by atomic mass is 16.5. The third kappa shape index (κ3) is 3.50. The monoisotopic (exact) mass is 239 g/mol. The molecular formula is C10H17N5O2. The Bertz CT molecular complexity index is 348. The summed E-state index contributed by atoms with van der Waals surface area (Å²) in [5, 5.41) is 12.6. The first-order valence-electron chi connectivity index (χ1n) is 5.72. The van der Waals surface area contributed by atoms with Gasteiger partial charge in [0.2, 0.25) is 0 Å². The number of carbonyl (C=O) groups is 1. The van der Waals surface area contributed by atoms with E-state index in [1.807, 2.05) is 6.92 Å². The summed E-state index contributed by atoms with van der Waals surface area (Å²) in [4.78, 5) is 14.0. The van der Waals surface area contributed by atoms with E-state index >= 15 is 0 Å². The number of rotatable bonds is 4. The Labute approximate surface area is 99.5 Å². The maximum atomic E-state index is 11.7. The normalized spacial score (nSPS) is 18.9. The molecule has 2 N–H and O–H groups in total. The molecule has 0 aromatic carbocycles. The van der Waals surface area contributed by atoms with Crippen LogP contribution >= 0.6 is 0 Å². The highest BCUT2D eigenvalue weighted by Gasteiger charge is 2.16. The second kappa shape index (κ2) is 5.74. The fraction of sp³-hybridized carbons (Fsp3) is 0.700. The van der Waals surface area contributed by atoms with E-state index in [1.54, 1.807) is 0 Å². The van der Waals surface area contributed by atoms with Gasteiger partial charge < -0.3 is 10.1 Å². The van der Waals surface area contributed by atoms with Gasteiger partial charge in [0.1, 0.15) is 0 Å². The van der Waals surface area contributed by atoms with Crippen LogP contribution < -0.4 is 5.32 Å². The third-order valence-electron chi connectivity index (χ3n) is 2.66. The molecule has 7 nitrogen and oxygen atoms in total. The summed E-state index contributed by atoms with van der Waals surface area (Å²) in [6.07, 6.45) is 1.41. The molecule has 1 aliphatic rings. The van der Waals surface area contributed by atoms with Gasteiger partial charge in [0.25, 0.3) is 5.91 Å². The van der Waals surface area contributed by atoms with Gasteiger partial charge in [-0.05, 0) is 6.92 Å². The number of aromatic amines is 1. The van der Waals surface area contributed by atoms with Crippen LogP contribution in [-0.2, 0) is 4.74 Å². The lowest BCUT2D eigenvalue weighted by Gasteiger charge is -2.29. The van der Waals surface area contributed by atoms with Gasteiger partial charge in [-0.2, -0.15) is 15.4 Å². The predicted octanol–water partition coefficient (Wildman–Crippen LogP) is -0.745. The van der Waals surface area contributed by atoms with Gasteiger partial charge in [0, 0.05) is 25.7 Å². The van der Waals surface area contributed by atoms with Crippen LogP contribution in [0.25, 0.3) is 0 Å². The number of hydrogen-bond donors (Lipinski definition) is 2. The lowest BCUT2D eigenvalue weighted by Crippen LogP contribution is -2.46. The molecule has 94 valence electrons. The molecule has 2 rings (SSSR count). The molecule has 0 aliphatic carbocycles. The Morgan fingerprint density at radius 3 is 3.06 bits per heavy atom. The van der Waals surface area contributed by atoms with E-state index in [4.69, 9.17) is 4.74 Å². The topological polar surface area (TPSA) is 83.1 Å². The molecule has 7 heteroatoms. The average Bonchev–Trinajstić information content (AvgIpc) is 2.83. The first kappa shape index (κ1) is 12.0. The van der Waals surface area contributed by atoms with Crippen molar-refractivity contribution < 1.29 is 9.53 Å². The van der Waals surface area contributed by atoms with Crippen molar-refractivity contribution in [3.05, 3.63) is 11.9 Å². The third-order valence-corrected chi connectivity index (χ3v) is 2.66. The van der Waals surface area contributed by atoms with E-state index in [0.717, 1.165) is 32.8 Å². The molecule has 1 atom stereocenters. The van der Waals surface area contributed by atoms with Crippen LogP contribution in [-0.4, -0.2) is 65.1 Å². The molecule has 1 saturated heterocycles. The number of morpholine rings is 1. The molecule has 1 aromatic rings. The van der Waals surface area contributed by atoms with Crippen molar-refractivity contribution in [1.29, 1.82) is 0 Å². The van der Waals surface area contributed by atoms with Crippen molar-refractivity contribution in [2.24, 2.45) is 0 Å². The number of ether oxygens (including phenoxy) is 1. The van der Waals surface area contributed by atoms with Crippen LogP contribution in [0.2, 0.25) is 0 Å². The number of nitrogens with zero attached hydrogens (tertiary/aromatic N) is 3. The molecule has 2 heterocycles. The Balaban J connectivity index is 1.76. The van der Waals surface area contributed by atoms with Crippen LogP contribution in [0.4, 0.5) is 0 Å². The molecular weight excluding hydrogens is 222 g/mol. The largest absolute Gasteiger partial charge is 0.379 e. The summed E-state index contributed by atoms with van der Waals surface area (Å²) >= 11 is 0. The fourth-order valence-electron chi connectivity index (χ4n) is 1.83. The van der Waals surface area contributed by atoms with E-state index in [2.05, 4.69) is 25.6 Å². The number of hydrogen-bond acceptors (Lipinski definition) is 5. The molecule has 1 aliphatic heterocycles. The zero-order valence-corrected chi connectivity index (χ0v) is 9.85. The molecule has 1 aromatic heterocycles. The van der Waals surface area contributed by atoms with E-state index in [9.17, 15) is 4.79 Å². The number of H-pyrrole nitrogens is 1. The number of nitrogens with one attached hydrogen (secondary N) is 2. The molecule has 0 spiro atoms. The van der Waals surface area contributed by atoms with Crippen molar-refractivity contribution in [3.8, 4) is 0 Å². The first-order valence-corrected chi connectivity index (χ1v) is 5.72. The Morgan fingerprint density at radius 1 is 1.65 bits per heavy atom. The number of aromatic nitrogens is 3. The van der Waals surface area contributed by atoms with Gasteiger partial charge in [0.05, 0.1) is 19.4 Å². The first-order chi connectivity index (χ1) is 8.25. The summed E-state index contributed by atoms with van der Waals surface area (Å²) in [7, 11) is 0. The second-order valence-corrected chi connectivity index (χ2v) is 4.14. The minimum atomic E-state index is -0.195. The minimum absolute atomic E-state index is 0.0808. The molecule has 1 fully saturated rings. The van der Waals surface area contributed by atoms with Crippen LogP contribution in [0.5, 0.6) is 0 Å². The molecule has 0 saturated carbocycles. The molecule has 1 unspecified atom stereocenters. The standard InChI is InChI=1S/C10H17N5O2/c1-8(7-15-2-4-17-5-3-15)12-10(16)9-6-11-14-13-9/h6,8H,2-5,7H2,1H3,(H,12,16)(H,11,13,14). The van der Waals surface area contributed by atoms with Crippen molar-refractivity contribution in [2.45, 2.75) is 13.0 Å². The fourth-order valence-corrected chi connectivity index (χ4v) is 1.83. The SMILES string of the molecule is CC(CN1CCOCC1)NC(=O)c1cn[nH]n1. The Kier molecular flexibility index (Phi) is 4.05. The Morgan fingerprint density at radius 2 is 2.41 bits per heavy atom. The van der Waals surface area contributed by atoms with Crippen LogP contribution in [0.3, 0.4) is 0 Å². The van der Waals surface area contributed by atoms with Crippen LogP contribution in [0.1, 0.15) is 17.4 Å². The van der Waals surface area contributed by atoms with Gasteiger partial charge in [-0.15, -0.1) is 0 Å². The van der Waals surface area contributed by atoms with Gasteiger partial charge in [-0.3, -0.25) is 9.69 Å². The van der Waals surface area contributed by atoms with Crippen molar-refractivity contribution in [3.63, 3.8) is 0 Å². The maximum Gasteiger partial charge on any atom is 0.273 e. The van der Waals surface area contributed by atoms with Crippen LogP contribution in [0, 0.1) is 0 Å². The molecule has 1 amide bonds. The quantitative estimate of drug-likeness (QED) is 0.722. The number of carbonyl (C=O) groups excluding carboxylic acids is 1. The van der Waals surface area contributed by atoms with Crippen molar-refractivity contribution >= 4 is 5.91 Å².